The number of carbonyl (C=O) groups excluding carboxylic acids is 1. The van der Waals surface area contributed by atoms with E-state index in [1.54, 1.807) is 41.6 Å². The van der Waals surface area contributed by atoms with Crippen LogP contribution in [0.5, 0.6) is 5.75 Å². The Hall–Kier alpha value is -2.89. The van der Waals surface area contributed by atoms with Gasteiger partial charge in [0.2, 0.25) is 5.82 Å². The average molecular weight is 418 g/mol. The SMILES string of the molecule is NC1=NS(O)(O)Nc2cccc(OCC3CCCN(C(=O)c4ncccn4)C3)c21. The number of amidine groups is 1. The third kappa shape index (κ3) is 4.26. The maximum absolute atomic E-state index is 12.6. The number of likely N-dealkylation sites (tertiary alicyclic amines) is 1. The number of rotatable bonds is 4. The molecule has 1 fully saturated rings. The van der Waals surface area contributed by atoms with Crippen molar-refractivity contribution < 1.29 is 18.6 Å². The third-order valence-corrected chi connectivity index (χ3v) is 5.74. The van der Waals surface area contributed by atoms with Crippen LogP contribution in [0.1, 0.15) is 29.0 Å². The first kappa shape index (κ1) is 19.4. The summed E-state index contributed by atoms with van der Waals surface area (Å²) < 4.78 is 31.8. The Morgan fingerprint density at radius 1 is 1.31 bits per heavy atom. The van der Waals surface area contributed by atoms with Crippen molar-refractivity contribution in [3.63, 3.8) is 0 Å². The zero-order valence-electron chi connectivity index (χ0n) is 15.6. The molecule has 5 N–H and O–H groups in total. The number of anilines is 1. The van der Waals surface area contributed by atoms with Crippen LogP contribution < -0.4 is 15.2 Å². The van der Waals surface area contributed by atoms with Crippen molar-refractivity contribution in [3.8, 4) is 5.75 Å². The van der Waals surface area contributed by atoms with Crippen LogP contribution in [0.2, 0.25) is 0 Å². The van der Waals surface area contributed by atoms with Gasteiger partial charge in [-0.2, -0.15) is 0 Å². The smallest absolute Gasteiger partial charge is 0.291 e. The summed E-state index contributed by atoms with van der Waals surface area (Å²) in [4.78, 5) is 22.4. The van der Waals surface area contributed by atoms with Crippen molar-refractivity contribution >= 4 is 28.4 Å². The van der Waals surface area contributed by atoms with Gasteiger partial charge in [0.05, 0.1) is 17.9 Å². The van der Waals surface area contributed by atoms with E-state index >= 15 is 0 Å². The van der Waals surface area contributed by atoms with E-state index in [0.29, 0.717) is 36.7 Å². The van der Waals surface area contributed by atoms with Crippen molar-refractivity contribution in [2.45, 2.75) is 12.8 Å². The first-order valence-electron chi connectivity index (χ1n) is 9.17. The topological polar surface area (TPSA) is 146 Å². The summed E-state index contributed by atoms with van der Waals surface area (Å²) in [5.74, 6) is 0.665. The molecule has 0 bridgehead atoms. The van der Waals surface area contributed by atoms with Gasteiger partial charge in [0.15, 0.2) is 5.84 Å². The molecule has 1 amide bonds. The Morgan fingerprint density at radius 2 is 2.10 bits per heavy atom. The molecule has 0 radical (unpaired) electrons. The number of hydrogen-bond donors (Lipinski definition) is 4. The number of ether oxygens (including phenoxy) is 1. The van der Waals surface area contributed by atoms with E-state index in [2.05, 4.69) is 19.1 Å². The Bertz CT molecular complexity index is 939. The maximum atomic E-state index is 12.6. The van der Waals surface area contributed by atoms with Crippen LogP contribution in [-0.2, 0) is 0 Å². The first-order chi connectivity index (χ1) is 13.9. The number of amides is 1. The van der Waals surface area contributed by atoms with Crippen LogP contribution in [0.25, 0.3) is 0 Å². The number of fused-ring (bicyclic) bond motifs is 1. The first-order valence-corrected chi connectivity index (χ1v) is 10.7. The molecule has 2 aliphatic heterocycles. The van der Waals surface area contributed by atoms with Gasteiger partial charge in [0, 0.05) is 31.4 Å². The number of nitrogens with two attached hydrogens (primary N) is 1. The van der Waals surface area contributed by atoms with Gasteiger partial charge in [0.1, 0.15) is 5.75 Å². The Balaban J connectivity index is 1.43. The van der Waals surface area contributed by atoms with Crippen LogP contribution in [0.4, 0.5) is 5.69 Å². The predicted molar refractivity (Wildman–Crippen MR) is 110 cm³/mol. The fraction of sp³-hybridized carbons (Fsp3) is 0.333. The molecule has 1 unspecified atom stereocenters. The Morgan fingerprint density at radius 3 is 2.90 bits per heavy atom. The van der Waals surface area contributed by atoms with E-state index < -0.39 is 11.0 Å². The van der Waals surface area contributed by atoms with Crippen LogP contribution in [0.3, 0.4) is 0 Å². The molecule has 2 aromatic rings. The highest BCUT2D eigenvalue weighted by Gasteiger charge is 2.28. The molecule has 0 aliphatic carbocycles. The van der Waals surface area contributed by atoms with Gasteiger partial charge in [-0.15, -0.1) is 4.40 Å². The van der Waals surface area contributed by atoms with Crippen molar-refractivity contribution in [1.82, 2.24) is 14.9 Å². The quantitative estimate of drug-likeness (QED) is 0.590. The van der Waals surface area contributed by atoms with E-state index in [9.17, 15) is 13.9 Å². The van der Waals surface area contributed by atoms with Gasteiger partial charge in [-0.1, -0.05) is 6.07 Å². The molecule has 11 heteroatoms. The molecule has 1 saturated heterocycles. The lowest BCUT2D eigenvalue weighted by Crippen LogP contribution is -2.42. The molecule has 10 nitrogen and oxygen atoms in total. The number of nitrogens with one attached hydrogen (secondary N) is 1. The lowest BCUT2D eigenvalue weighted by atomic mass is 9.98. The van der Waals surface area contributed by atoms with E-state index in [4.69, 9.17) is 10.5 Å². The summed E-state index contributed by atoms with van der Waals surface area (Å²) in [6.07, 6.45) is 4.90. The number of carbonyl (C=O) groups is 1. The summed E-state index contributed by atoms with van der Waals surface area (Å²) >= 11 is 0. The zero-order chi connectivity index (χ0) is 20.4. The number of benzene rings is 1. The molecule has 2 aliphatic rings. The molecule has 3 heterocycles. The van der Waals surface area contributed by atoms with Gasteiger partial charge in [0.25, 0.3) is 5.91 Å². The number of aromatic nitrogens is 2. The van der Waals surface area contributed by atoms with Crippen LogP contribution in [0, 0.1) is 5.92 Å². The second-order valence-electron chi connectivity index (χ2n) is 6.92. The van der Waals surface area contributed by atoms with E-state index in [-0.39, 0.29) is 23.5 Å². The van der Waals surface area contributed by atoms with Crippen LogP contribution in [0.15, 0.2) is 41.1 Å². The number of hydrogen-bond acceptors (Lipinski definition) is 9. The van der Waals surface area contributed by atoms with Crippen LogP contribution in [-0.4, -0.2) is 55.4 Å². The largest absolute Gasteiger partial charge is 0.492 e. The summed E-state index contributed by atoms with van der Waals surface area (Å²) in [5.41, 5.74) is 6.88. The third-order valence-electron chi connectivity index (χ3n) is 4.79. The molecule has 4 rings (SSSR count). The summed E-state index contributed by atoms with van der Waals surface area (Å²) in [6, 6.07) is 6.84. The van der Waals surface area contributed by atoms with Gasteiger partial charge in [-0.3, -0.25) is 18.6 Å². The fourth-order valence-corrected chi connectivity index (χ4v) is 4.37. The highest BCUT2D eigenvalue weighted by atomic mass is 32.3. The second-order valence-corrected chi connectivity index (χ2v) is 8.34. The van der Waals surface area contributed by atoms with E-state index in [1.807, 2.05) is 0 Å². The lowest BCUT2D eigenvalue weighted by Gasteiger charge is -2.34. The van der Waals surface area contributed by atoms with E-state index in [1.165, 1.54) is 0 Å². The normalized spacial score (nSPS) is 21.4. The lowest BCUT2D eigenvalue weighted by molar-refractivity contribution is 0.0621. The van der Waals surface area contributed by atoms with Gasteiger partial charge >= 0.3 is 0 Å². The highest BCUT2D eigenvalue weighted by molar-refractivity contribution is 8.24. The maximum Gasteiger partial charge on any atom is 0.291 e. The molecule has 0 saturated carbocycles. The highest BCUT2D eigenvalue weighted by Crippen LogP contribution is 2.46. The van der Waals surface area contributed by atoms with Crippen molar-refractivity contribution in [3.05, 3.63) is 48.0 Å². The number of piperidine rings is 1. The molecule has 1 aromatic carbocycles. The van der Waals surface area contributed by atoms with Gasteiger partial charge in [-0.25, -0.2) is 9.97 Å². The molecule has 0 spiro atoms. The van der Waals surface area contributed by atoms with E-state index in [0.717, 1.165) is 12.8 Å². The van der Waals surface area contributed by atoms with Crippen LogP contribution >= 0.6 is 11.0 Å². The molecule has 1 aromatic heterocycles. The zero-order valence-corrected chi connectivity index (χ0v) is 16.4. The number of nitrogens with zero attached hydrogens (tertiary/aromatic N) is 4. The monoisotopic (exact) mass is 418 g/mol. The molecule has 29 heavy (non-hydrogen) atoms. The van der Waals surface area contributed by atoms with Crippen molar-refractivity contribution in [2.24, 2.45) is 16.0 Å². The summed E-state index contributed by atoms with van der Waals surface area (Å²) in [7, 11) is -3.34. The summed E-state index contributed by atoms with van der Waals surface area (Å²) in [5, 5.41) is 0. The fourth-order valence-electron chi connectivity index (χ4n) is 3.50. The predicted octanol–water partition coefficient (Wildman–Crippen LogP) is 2.12. The second kappa shape index (κ2) is 7.85. The standard InChI is InChI=1S/C18H22N6O4S/c19-16-15-13(22-29(26,27)23-16)5-1-6-14(15)28-11-12-4-2-9-24(10-12)18(25)17-20-7-3-8-21-17/h1,3,5-8,12,22,26-27H,2,4,9-11H2,(H2,19,23). The molecule has 154 valence electrons. The summed E-state index contributed by atoms with van der Waals surface area (Å²) in [6.45, 7) is 1.60. The van der Waals surface area contributed by atoms with Crippen molar-refractivity contribution in [2.75, 3.05) is 24.4 Å². The molecular formula is C18H22N6O4S. The minimum atomic E-state index is -3.34. The minimum absolute atomic E-state index is 0.0102. The van der Waals surface area contributed by atoms with Crippen molar-refractivity contribution in [1.29, 1.82) is 0 Å². The molecular weight excluding hydrogens is 396 g/mol. The van der Waals surface area contributed by atoms with Gasteiger partial charge < -0.3 is 15.4 Å². The average Bonchev–Trinajstić information content (AvgIpc) is 2.71. The Labute approximate surface area is 169 Å². The molecule has 1 atom stereocenters. The van der Waals surface area contributed by atoms with Gasteiger partial charge in [-0.05, 0) is 42.0 Å². The minimum Gasteiger partial charge on any atom is -0.492 e. The Kier molecular flexibility index (Phi) is 5.26.